The van der Waals surface area contributed by atoms with E-state index >= 15 is 0 Å². The molecule has 0 fully saturated rings. The van der Waals surface area contributed by atoms with Crippen molar-refractivity contribution in [3.05, 3.63) is 41.1 Å². The summed E-state index contributed by atoms with van der Waals surface area (Å²) < 4.78 is 4.04. The molecule has 0 atom stereocenters. The molecule has 0 aliphatic rings. The second kappa shape index (κ2) is 5.19. The molecule has 0 saturated carbocycles. The highest BCUT2D eigenvalue weighted by molar-refractivity contribution is 9.10. The van der Waals surface area contributed by atoms with Gasteiger partial charge < -0.3 is 10.0 Å². The summed E-state index contributed by atoms with van der Waals surface area (Å²) in [5.41, 5.74) is 1.01. The van der Waals surface area contributed by atoms with Gasteiger partial charge in [0.15, 0.2) is 0 Å². The number of hydrogen-bond acceptors (Lipinski definition) is 3. The smallest absolute Gasteiger partial charge is 0.106 e. The largest absolute Gasteiger partial charge is 0.341 e. The van der Waals surface area contributed by atoms with Crippen LogP contribution in [0.15, 0.2) is 41.1 Å². The highest BCUT2D eigenvalue weighted by atomic mass is 79.9. The molecule has 0 radical (unpaired) electrons. The van der Waals surface area contributed by atoms with Crippen molar-refractivity contribution >= 4 is 33.6 Å². The minimum atomic E-state index is 0.777. The van der Waals surface area contributed by atoms with Gasteiger partial charge in [0.1, 0.15) is 5.82 Å². The number of anilines is 1. The van der Waals surface area contributed by atoms with E-state index in [0.29, 0.717) is 0 Å². The molecule has 0 spiro atoms. The van der Waals surface area contributed by atoms with Gasteiger partial charge in [0.05, 0.1) is 5.69 Å². The van der Waals surface area contributed by atoms with Gasteiger partial charge in [-0.2, -0.15) is 0 Å². The maximum absolute atomic E-state index is 3.82. The van der Waals surface area contributed by atoms with E-state index in [4.69, 9.17) is 0 Å². The standard InChI is InChI=1S/C9H11BrN2S/c1-7(12-13-2)11-9-6-4-3-5-8(9)10/h3-6,11-12H,1H2,2H3. The fourth-order valence-electron chi connectivity index (χ4n) is 0.874. The third-order valence-corrected chi connectivity index (χ3v) is 2.53. The third kappa shape index (κ3) is 3.32. The van der Waals surface area contributed by atoms with Crippen LogP contribution in [0.3, 0.4) is 0 Å². The molecule has 0 unspecified atom stereocenters. The van der Waals surface area contributed by atoms with Crippen LogP contribution in [-0.4, -0.2) is 6.26 Å². The molecule has 0 heterocycles. The van der Waals surface area contributed by atoms with E-state index in [1.807, 2.05) is 30.5 Å². The first-order valence-electron chi connectivity index (χ1n) is 3.73. The summed E-state index contributed by atoms with van der Waals surface area (Å²) in [6, 6.07) is 7.91. The third-order valence-electron chi connectivity index (χ3n) is 1.38. The molecule has 0 aliphatic carbocycles. The number of benzene rings is 1. The SMILES string of the molecule is C=C(NSC)Nc1ccccc1Br. The van der Waals surface area contributed by atoms with Crippen LogP contribution in [0.2, 0.25) is 0 Å². The molecule has 70 valence electrons. The van der Waals surface area contributed by atoms with E-state index in [-0.39, 0.29) is 0 Å². The van der Waals surface area contributed by atoms with Crippen LogP contribution >= 0.6 is 27.9 Å². The van der Waals surface area contributed by atoms with Gasteiger partial charge in [-0.25, -0.2) is 0 Å². The molecule has 4 heteroatoms. The summed E-state index contributed by atoms with van der Waals surface area (Å²) in [5.74, 6) is 0.777. The molecule has 13 heavy (non-hydrogen) atoms. The molecule has 0 saturated heterocycles. The fourth-order valence-corrected chi connectivity index (χ4v) is 1.56. The quantitative estimate of drug-likeness (QED) is 0.812. The van der Waals surface area contributed by atoms with E-state index in [9.17, 15) is 0 Å². The Balaban J connectivity index is 2.63. The van der Waals surface area contributed by atoms with Gasteiger partial charge >= 0.3 is 0 Å². The van der Waals surface area contributed by atoms with Gasteiger partial charge in [0.2, 0.25) is 0 Å². The number of rotatable bonds is 4. The van der Waals surface area contributed by atoms with Crippen molar-refractivity contribution in [2.45, 2.75) is 0 Å². The number of halogens is 1. The summed E-state index contributed by atoms with van der Waals surface area (Å²) in [5, 5.41) is 3.14. The predicted molar refractivity (Wildman–Crippen MR) is 63.6 cm³/mol. The topological polar surface area (TPSA) is 24.1 Å². The first-order chi connectivity index (χ1) is 6.24. The molecule has 1 aromatic carbocycles. The molecule has 1 aromatic rings. The number of hydrogen-bond donors (Lipinski definition) is 2. The van der Waals surface area contributed by atoms with Crippen LogP contribution in [0.1, 0.15) is 0 Å². The van der Waals surface area contributed by atoms with Crippen LogP contribution < -0.4 is 10.0 Å². The van der Waals surface area contributed by atoms with E-state index in [1.54, 1.807) is 0 Å². The molecule has 2 N–H and O–H groups in total. The van der Waals surface area contributed by atoms with Crippen molar-refractivity contribution in [3.8, 4) is 0 Å². The Labute approximate surface area is 91.1 Å². The summed E-state index contributed by atoms with van der Waals surface area (Å²) >= 11 is 4.95. The number of para-hydroxylation sites is 1. The summed E-state index contributed by atoms with van der Waals surface area (Å²) in [7, 11) is 0. The van der Waals surface area contributed by atoms with Gasteiger partial charge in [0, 0.05) is 10.7 Å². The second-order valence-electron chi connectivity index (χ2n) is 2.39. The minimum Gasteiger partial charge on any atom is -0.341 e. The lowest BCUT2D eigenvalue weighted by Crippen LogP contribution is -2.10. The Bertz CT molecular complexity index is 301. The van der Waals surface area contributed by atoms with Crippen LogP contribution in [0.5, 0.6) is 0 Å². The zero-order valence-electron chi connectivity index (χ0n) is 7.30. The van der Waals surface area contributed by atoms with Crippen molar-refractivity contribution in [1.29, 1.82) is 0 Å². The Morgan fingerprint density at radius 1 is 1.46 bits per heavy atom. The van der Waals surface area contributed by atoms with E-state index in [0.717, 1.165) is 16.0 Å². The average Bonchev–Trinajstić information content (AvgIpc) is 2.09. The highest BCUT2D eigenvalue weighted by Gasteiger charge is 1.97. The predicted octanol–water partition coefficient (Wildman–Crippen LogP) is 3.20. The van der Waals surface area contributed by atoms with Crippen molar-refractivity contribution in [2.24, 2.45) is 0 Å². The summed E-state index contributed by atoms with van der Waals surface area (Å²) in [4.78, 5) is 0. The number of nitrogens with one attached hydrogen (secondary N) is 2. The molecule has 0 bridgehead atoms. The summed E-state index contributed by atoms with van der Waals surface area (Å²) in [6.07, 6.45) is 1.95. The van der Waals surface area contributed by atoms with Crippen molar-refractivity contribution in [3.63, 3.8) is 0 Å². The Morgan fingerprint density at radius 3 is 2.77 bits per heavy atom. The maximum Gasteiger partial charge on any atom is 0.106 e. The Hall–Kier alpha value is -0.610. The zero-order chi connectivity index (χ0) is 9.68. The monoisotopic (exact) mass is 258 g/mol. The minimum absolute atomic E-state index is 0.777. The van der Waals surface area contributed by atoms with Gasteiger partial charge in [-0.15, -0.1) is 0 Å². The molecule has 1 rings (SSSR count). The lowest BCUT2D eigenvalue weighted by Gasteiger charge is -2.10. The van der Waals surface area contributed by atoms with E-state index in [1.165, 1.54) is 11.9 Å². The van der Waals surface area contributed by atoms with Crippen LogP contribution in [-0.2, 0) is 0 Å². The summed E-state index contributed by atoms with van der Waals surface area (Å²) in [6.45, 7) is 3.82. The Morgan fingerprint density at radius 2 is 2.15 bits per heavy atom. The van der Waals surface area contributed by atoms with E-state index < -0.39 is 0 Å². The molecule has 0 aliphatic heterocycles. The van der Waals surface area contributed by atoms with Crippen molar-refractivity contribution in [1.82, 2.24) is 4.72 Å². The second-order valence-corrected chi connectivity index (χ2v) is 3.86. The van der Waals surface area contributed by atoms with Gasteiger partial charge in [-0.1, -0.05) is 30.7 Å². The van der Waals surface area contributed by atoms with Crippen molar-refractivity contribution < 1.29 is 0 Å². The molecule has 0 amide bonds. The van der Waals surface area contributed by atoms with Gasteiger partial charge in [0.25, 0.3) is 0 Å². The molecule has 2 nitrogen and oxygen atoms in total. The van der Waals surface area contributed by atoms with Crippen molar-refractivity contribution in [2.75, 3.05) is 11.6 Å². The molecular weight excluding hydrogens is 248 g/mol. The highest BCUT2D eigenvalue weighted by Crippen LogP contribution is 2.21. The van der Waals surface area contributed by atoms with E-state index in [2.05, 4.69) is 32.5 Å². The first-order valence-corrected chi connectivity index (χ1v) is 5.75. The van der Waals surface area contributed by atoms with Crippen LogP contribution in [0.25, 0.3) is 0 Å². The van der Waals surface area contributed by atoms with Crippen LogP contribution in [0, 0.1) is 0 Å². The normalized spacial score (nSPS) is 9.38. The lowest BCUT2D eigenvalue weighted by molar-refractivity contribution is 1.22. The van der Waals surface area contributed by atoms with Crippen LogP contribution in [0.4, 0.5) is 5.69 Å². The first kappa shape index (κ1) is 10.5. The van der Waals surface area contributed by atoms with Gasteiger partial charge in [-0.3, -0.25) is 0 Å². The Kier molecular flexibility index (Phi) is 4.18. The zero-order valence-corrected chi connectivity index (χ0v) is 9.71. The lowest BCUT2D eigenvalue weighted by atomic mass is 10.3. The fraction of sp³-hybridized carbons (Fsp3) is 0.111. The molecular formula is C9H11BrN2S. The maximum atomic E-state index is 3.82. The molecule has 0 aromatic heterocycles. The average molecular weight is 259 g/mol. The van der Waals surface area contributed by atoms with Gasteiger partial charge in [-0.05, 0) is 28.1 Å².